The van der Waals surface area contributed by atoms with Crippen molar-refractivity contribution in [3.05, 3.63) is 88.0 Å². The number of benzene rings is 2. The van der Waals surface area contributed by atoms with E-state index in [0.717, 1.165) is 157 Å². The minimum atomic E-state index is -1.22. The number of anilines is 3. The van der Waals surface area contributed by atoms with E-state index in [9.17, 15) is 58.2 Å². The number of unbranched alkanes of at least 4 members (excludes halogenated alkanes) is 17. The quantitative estimate of drug-likeness (QED) is 0.00968. The molecular formula is C87H111N19O17. The number of ether oxygens (including phenoxy) is 2. The van der Waals surface area contributed by atoms with Gasteiger partial charge in [0.2, 0.25) is 29.5 Å². The van der Waals surface area contributed by atoms with Gasteiger partial charge in [0.15, 0.2) is 46.2 Å². The molecule has 0 radical (unpaired) electrons. The van der Waals surface area contributed by atoms with Gasteiger partial charge in [0.1, 0.15) is 56.7 Å². The predicted molar refractivity (Wildman–Crippen MR) is 453 cm³/mol. The fraction of sp³-hybridized carbons (Fsp3) is 0.517. The summed E-state index contributed by atoms with van der Waals surface area (Å²) in [5.41, 5.74) is 21.5. The van der Waals surface area contributed by atoms with Gasteiger partial charge < -0.3 is 61.8 Å². The van der Waals surface area contributed by atoms with E-state index in [1.54, 1.807) is 70.4 Å². The Bertz CT molecular complexity index is 5260. The van der Waals surface area contributed by atoms with Gasteiger partial charge in [0.05, 0.1) is 47.9 Å². The van der Waals surface area contributed by atoms with Crippen LogP contribution in [-0.4, -0.2) is 190 Å². The molecule has 2 aromatic carbocycles. The molecule has 2 fully saturated rings. The zero-order chi connectivity index (χ0) is 88.3. The van der Waals surface area contributed by atoms with Crippen molar-refractivity contribution in [2.45, 2.75) is 258 Å². The second kappa shape index (κ2) is 44.3. The van der Waals surface area contributed by atoms with Gasteiger partial charge in [0.25, 0.3) is 23.6 Å². The average Bonchev–Trinajstić information content (AvgIpc) is 1.62. The largest absolute Gasteiger partial charge is 0.490 e. The van der Waals surface area contributed by atoms with E-state index in [1.165, 1.54) is 0 Å². The highest BCUT2D eigenvalue weighted by Gasteiger charge is 2.47. The zero-order valence-corrected chi connectivity index (χ0v) is 70.7. The molecule has 656 valence electrons. The van der Waals surface area contributed by atoms with Crippen molar-refractivity contribution in [2.24, 2.45) is 5.73 Å². The lowest BCUT2D eigenvalue weighted by atomic mass is 9.97. The summed E-state index contributed by atoms with van der Waals surface area (Å²) in [7, 11) is 0. The number of piperidine rings is 2. The maximum absolute atomic E-state index is 13.3. The molecule has 9 amide bonds. The maximum atomic E-state index is 13.3. The number of rotatable bonds is 41. The number of imide groups is 4. The third-order valence-corrected chi connectivity index (χ3v) is 21.0. The number of carbonyl (C=O) groups excluding carboxylic acids is 9. The number of aliphatic carboxylic acids is 1. The molecule has 10 heterocycles. The van der Waals surface area contributed by atoms with Gasteiger partial charge >= 0.3 is 5.97 Å². The number of amides is 9. The second-order valence-corrected chi connectivity index (χ2v) is 31.6. The highest BCUT2D eigenvalue weighted by Crippen LogP contribution is 2.38. The minimum Gasteiger partial charge on any atom is -0.490 e. The molecule has 12 rings (SSSR count). The van der Waals surface area contributed by atoms with Crippen molar-refractivity contribution >= 4 is 98.5 Å². The number of nitrogens with two attached hydrogens (primary N) is 3. The Labute approximate surface area is 712 Å². The third-order valence-electron chi connectivity index (χ3n) is 21.0. The lowest BCUT2D eigenvalue weighted by Crippen LogP contribution is -2.54. The van der Waals surface area contributed by atoms with E-state index in [2.05, 4.69) is 80.5 Å². The molecule has 0 spiro atoms. The molecule has 36 heteroatoms. The number of nitrogen functional groups attached to an aromatic ring is 2. The van der Waals surface area contributed by atoms with Crippen LogP contribution in [0.1, 0.15) is 273 Å². The highest BCUT2D eigenvalue weighted by atomic mass is 16.6. The molecule has 13 N–H and O–H groups in total. The first-order chi connectivity index (χ1) is 59.1. The van der Waals surface area contributed by atoms with Crippen molar-refractivity contribution in [1.29, 1.82) is 0 Å². The van der Waals surface area contributed by atoms with E-state index in [4.69, 9.17) is 46.0 Å². The average molecular weight is 1690 g/mol. The Morgan fingerprint density at radius 3 is 1.46 bits per heavy atom. The smallest absolute Gasteiger partial charge is 0.303 e. The number of hydrogen-bond acceptors (Lipinski definition) is 28. The van der Waals surface area contributed by atoms with Gasteiger partial charge in [-0.1, -0.05) is 114 Å². The second-order valence-electron chi connectivity index (χ2n) is 31.6. The van der Waals surface area contributed by atoms with Crippen LogP contribution in [0.2, 0.25) is 0 Å². The van der Waals surface area contributed by atoms with Crippen LogP contribution in [0, 0.1) is 23.7 Å². The molecule has 6 aromatic heterocycles. The van der Waals surface area contributed by atoms with Crippen LogP contribution < -0.4 is 47.9 Å². The number of aryl methyl sites for hydroxylation is 3. The van der Waals surface area contributed by atoms with Crippen LogP contribution in [0.25, 0.3) is 45.1 Å². The standard InChI is InChI=1S/C43H54N10O8.C23H30N6O5.C21H27N3O4/c1-4-52-37-31(26-47-29(21-22-43(2,3)59)35(37)49-39(52)36-38(44)51-61-50-36)60-25-14-10-5-7-11-18-32(54)46-24-13-9-6-8-12-23-45-28-17-15-16-27-34(28)42(58)53(41(27)57)30-19-20-33(55)48-40(30)56;1-4-29-20-16(33-13-9-7-5-6-8-10-17(30)31)14-25-15(11-12-23(2,3)32)18(20)26-22(29)19-21(24)28-34-27-19;22-13-6-4-2-1-3-5-8-14-9-7-10-15-18(14)21(28)24(20(15)27)16-11-12-17(25)23-19(16)26/h15-17,26,30,45,59H,4-14,18-20,23-25H2,1-3H3,(H2,44,51)(H,46,54)(H,48,55,56);14,32H,4-10,13H2,1-3H3,(H2,24,28)(H,30,31);7,9-10,16H,1-6,8,11-13,22H2,(H,23,25,26). The summed E-state index contributed by atoms with van der Waals surface area (Å²) < 4.78 is 25.6. The summed E-state index contributed by atoms with van der Waals surface area (Å²) in [4.78, 5) is 143. The Hall–Kier alpha value is -12.5. The van der Waals surface area contributed by atoms with Gasteiger partial charge in [-0.05, 0) is 175 Å². The SMILES string of the molecule is CCn1c(-c2nonc2N)nc2c(C#CC(C)(C)O)ncc(OCCCCCCCC(=O)NCCCCCCCNc3cccc4c3C(=O)N(C3CCC(=O)NC3=O)C4=O)c21.CCn1c(-c2nonc2N)nc2c(C#CC(C)(C)O)ncc(OCCCCCCCC(=O)O)c21.NCCCCCCCCc1cccc2c1C(=O)N(C1CCC(=O)NC1=O)C2=O. The Morgan fingerprint density at radius 2 is 0.992 bits per heavy atom. The van der Waals surface area contributed by atoms with Crippen molar-refractivity contribution in [2.75, 3.05) is 49.6 Å². The highest BCUT2D eigenvalue weighted by molar-refractivity contribution is 6.26. The molecule has 123 heavy (non-hydrogen) atoms. The van der Waals surface area contributed by atoms with Gasteiger partial charge in [0, 0.05) is 57.5 Å². The lowest BCUT2D eigenvalue weighted by Gasteiger charge is -2.27. The first-order valence-electron chi connectivity index (χ1n) is 42.5. The third kappa shape index (κ3) is 24.6. The molecule has 4 aliphatic rings. The normalized spacial score (nSPS) is 15.0. The number of fused-ring (bicyclic) bond motifs is 4. The molecule has 0 saturated carbocycles. The summed E-state index contributed by atoms with van der Waals surface area (Å²) in [6, 6.07) is 8.44. The Balaban J connectivity index is 0.000000214. The molecule has 2 atom stereocenters. The predicted octanol–water partition coefficient (Wildman–Crippen LogP) is 9.44. The van der Waals surface area contributed by atoms with E-state index >= 15 is 0 Å². The Morgan fingerprint density at radius 1 is 0.553 bits per heavy atom. The molecule has 2 unspecified atom stereocenters. The summed E-state index contributed by atoms with van der Waals surface area (Å²) in [5.74, 6) is 9.04. The fourth-order valence-electron chi connectivity index (χ4n) is 14.9. The van der Waals surface area contributed by atoms with Crippen LogP contribution in [0.5, 0.6) is 11.5 Å². The van der Waals surface area contributed by atoms with E-state index < -0.39 is 70.6 Å². The van der Waals surface area contributed by atoms with Gasteiger partial charge in [-0.2, -0.15) is 0 Å². The number of carboxylic acid groups (broad SMARTS) is 1. The van der Waals surface area contributed by atoms with E-state index in [1.807, 2.05) is 29.0 Å². The monoisotopic (exact) mass is 1690 g/mol. The Kier molecular flexibility index (Phi) is 33.4. The van der Waals surface area contributed by atoms with Crippen LogP contribution in [-0.2, 0) is 48.3 Å². The molecule has 36 nitrogen and oxygen atoms in total. The number of pyridine rings is 2. The molecule has 0 bridgehead atoms. The number of imidazole rings is 2. The van der Waals surface area contributed by atoms with Crippen LogP contribution in [0.4, 0.5) is 17.3 Å². The number of carbonyl (C=O) groups is 10. The minimum absolute atomic E-state index is 0.0643. The molecular weight excluding hydrogens is 1580 g/mol. The van der Waals surface area contributed by atoms with Crippen molar-refractivity contribution in [1.82, 2.24) is 75.4 Å². The topological polar surface area (TPSA) is 522 Å². The molecule has 4 aliphatic heterocycles. The summed E-state index contributed by atoms with van der Waals surface area (Å²) in [5, 5.41) is 54.8. The molecule has 2 saturated heterocycles. The number of nitrogens with one attached hydrogen (secondary N) is 4. The van der Waals surface area contributed by atoms with Gasteiger partial charge in [-0.15, -0.1) is 0 Å². The summed E-state index contributed by atoms with van der Waals surface area (Å²) in [6.07, 6.45) is 25.1. The van der Waals surface area contributed by atoms with Gasteiger partial charge in [-0.3, -0.25) is 68.4 Å². The first kappa shape index (κ1) is 92.7. The number of hydrogen-bond donors (Lipinski definition) is 10. The number of aliphatic hydroxyl groups is 2. The van der Waals surface area contributed by atoms with Crippen LogP contribution >= 0.6 is 0 Å². The first-order valence-corrected chi connectivity index (χ1v) is 42.5. The zero-order valence-electron chi connectivity index (χ0n) is 70.7. The van der Waals surface area contributed by atoms with Crippen LogP contribution in [0.15, 0.2) is 58.0 Å². The number of nitrogens with zero attached hydrogens (tertiary/aromatic N) is 12. The van der Waals surface area contributed by atoms with Crippen molar-refractivity contribution < 1.29 is 82.0 Å². The number of aromatic nitrogens is 10. The van der Waals surface area contributed by atoms with E-state index in [-0.39, 0.29) is 66.7 Å². The van der Waals surface area contributed by atoms with Gasteiger partial charge in [-0.25, -0.2) is 29.2 Å². The van der Waals surface area contributed by atoms with Crippen LogP contribution in [0.3, 0.4) is 0 Å². The summed E-state index contributed by atoms with van der Waals surface area (Å²) >= 11 is 0. The lowest BCUT2D eigenvalue weighted by molar-refractivity contribution is -0.138. The molecule has 0 aliphatic carbocycles. The molecule has 8 aromatic rings. The number of carboxylic acids is 1. The fourth-order valence-corrected chi connectivity index (χ4v) is 14.9. The maximum Gasteiger partial charge on any atom is 0.303 e. The van der Waals surface area contributed by atoms with Crippen molar-refractivity contribution in [3.63, 3.8) is 0 Å². The summed E-state index contributed by atoms with van der Waals surface area (Å²) in [6.45, 7) is 14.3. The van der Waals surface area contributed by atoms with Crippen molar-refractivity contribution in [3.8, 4) is 58.2 Å². The van der Waals surface area contributed by atoms with E-state index in [0.29, 0.717) is 137 Å².